The van der Waals surface area contributed by atoms with Crippen molar-refractivity contribution < 1.29 is 23.2 Å². The molecule has 0 bridgehead atoms. The SMILES string of the molecule is CC(C(=O)O)N(C)c1ccc(S(C)(=O)=O)cc1[N+](=O)[O-]. The number of carboxylic acids is 1. The van der Waals surface area contributed by atoms with Crippen LogP contribution < -0.4 is 4.90 Å². The summed E-state index contributed by atoms with van der Waals surface area (Å²) in [5, 5.41) is 20.0. The van der Waals surface area contributed by atoms with Gasteiger partial charge in [0.15, 0.2) is 9.84 Å². The van der Waals surface area contributed by atoms with Gasteiger partial charge in [0.2, 0.25) is 0 Å². The highest BCUT2D eigenvalue weighted by Gasteiger charge is 2.26. The van der Waals surface area contributed by atoms with Gasteiger partial charge in [0, 0.05) is 19.4 Å². The molecular formula is C11H14N2O6S. The summed E-state index contributed by atoms with van der Waals surface area (Å²) in [6.45, 7) is 1.37. The Bertz CT molecular complexity index is 655. The van der Waals surface area contributed by atoms with E-state index < -0.39 is 32.5 Å². The maximum absolute atomic E-state index is 11.4. The largest absolute Gasteiger partial charge is 0.480 e. The summed E-state index contributed by atoms with van der Waals surface area (Å²) < 4.78 is 22.8. The van der Waals surface area contributed by atoms with Gasteiger partial charge in [-0.2, -0.15) is 0 Å². The number of likely N-dealkylation sites (N-methyl/N-ethyl adjacent to an activating group) is 1. The summed E-state index contributed by atoms with van der Waals surface area (Å²) >= 11 is 0. The molecule has 1 rings (SSSR count). The molecular weight excluding hydrogens is 288 g/mol. The number of carboxylic acid groups (broad SMARTS) is 1. The van der Waals surface area contributed by atoms with Crippen LogP contribution in [-0.2, 0) is 14.6 Å². The number of nitro groups is 1. The number of hydrogen-bond donors (Lipinski definition) is 1. The second-order valence-corrected chi connectivity index (χ2v) is 6.32. The number of benzene rings is 1. The van der Waals surface area contributed by atoms with Crippen LogP contribution in [0.4, 0.5) is 11.4 Å². The molecule has 0 radical (unpaired) electrons. The molecule has 1 unspecified atom stereocenters. The fourth-order valence-corrected chi connectivity index (χ4v) is 2.19. The van der Waals surface area contributed by atoms with Gasteiger partial charge in [-0.1, -0.05) is 0 Å². The Morgan fingerprint density at radius 2 is 2.00 bits per heavy atom. The Morgan fingerprint density at radius 1 is 1.45 bits per heavy atom. The molecule has 0 fully saturated rings. The van der Waals surface area contributed by atoms with Crippen molar-refractivity contribution in [3.8, 4) is 0 Å². The zero-order valence-corrected chi connectivity index (χ0v) is 11.9. The minimum Gasteiger partial charge on any atom is -0.480 e. The summed E-state index contributed by atoms with van der Waals surface area (Å²) in [6, 6.07) is 2.38. The Hall–Kier alpha value is -2.16. The molecule has 0 aromatic heterocycles. The first-order chi connectivity index (χ1) is 9.05. The van der Waals surface area contributed by atoms with Crippen molar-refractivity contribution in [2.75, 3.05) is 18.2 Å². The maximum atomic E-state index is 11.4. The second-order valence-electron chi connectivity index (χ2n) is 4.30. The zero-order chi connectivity index (χ0) is 15.7. The molecule has 0 saturated heterocycles. The fraction of sp³-hybridized carbons (Fsp3) is 0.364. The smallest absolute Gasteiger partial charge is 0.326 e. The average Bonchev–Trinajstić information content (AvgIpc) is 2.34. The van der Waals surface area contributed by atoms with E-state index in [9.17, 15) is 23.3 Å². The molecule has 0 aliphatic carbocycles. The number of anilines is 1. The van der Waals surface area contributed by atoms with Crippen LogP contribution in [0.25, 0.3) is 0 Å². The second kappa shape index (κ2) is 5.45. The molecule has 1 aromatic rings. The van der Waals surface area contributed by atoms with Crippen LogP contribution in [0.2, 0.25) is 0 Å². The van der Waals surface area contributed by atoms with Crippen molar-refractivity contribution in [1.29, 1.82) is 0 Å². The molecule has 0 aliphatic heterocycles. The van der Waals surface area contributed by atoms with Gasteiger partial charge < -0.3 is 10.0 Å². The quantitative estimate of drug-likeness (QED) is 0.634. The summed E-state index contributed by atoms with van der Waals surface area (Å²) in [5.41, 5.74) is -0.416. The van der Waals surface area contributed by atoms with Crippen molar-refractivity contribution in [3.63, 3.8) is 0 Å². The summed E-state index contributed by atoms with van der Waals surface area (Å²) in [6.07, 6.45) is 0.940. The van der Waals surface area contributed by atoms with Crippen molar-refractivity contribution in [3.05, 3.63) is 28.3 Å². The monoisotopic (exact) mass is 302 g/mol. The lowest BCUT2D eigenvalue weighted by Crippen LogP contribution is -2.36. The van der Waals surface area contributed by atoms with Crippen molar-refractivity contribution in [2.45, 2.75) is 17.9 Å². The molecule has 1 N–H and O–H groups in total. The van der Waals surface area contributed by atoms with Crippen molar-refractivity contribution in [1.82, 2.24) is 0 Å². The minimum absolute atomic E-state index is 0.0392. The first-order valence-electron chi connectivity index (χ1n) is 5.50. The Kier molecular flexibility index (Phi) is 4.33. The average molecular weight is 302 g/mol. The Balaban J connectivity index is 3.42. The molecule has 0 amide bonds. The highest BCUT2D eigenvalue weighted by molar-refractivity contribution is 7.90. The van der Waals surface area contributed by atoms with Crippen molar-refractivity contribution >= 4 is 27.2 Å². The summed E-state index contributed by atoms with van der Waals surface area (Å²) in [7, 11) is -2.19. The molecule has 0 spiro atoms. The fourth-order valence-electron chi connectivity index (χ4n) is 1.55. The van der Waals surface area contributed by atoms with Gasteiger partial charge in [0.05, 0.1) is 9.82 Å². The van der Waals surface area contributed by atoms with E-state index in [0.717, 1.165) is 12.3 Å². The number of carbonyl (C=O) groups is 1. The van der Waals surface area contributed by atoms with Crippen LogP contribution in [-0.4, -0.2) is 43.8 Å². The van der Waals surface area contributed by atoms with E-state index in [-0.39, 0.29) is 10.6 Å². The molecule has 0 heterocycles. The van der Waals surface area contributed by atoms with Gasteiger partial charge in [-0.25, -0.2) is 13.2 Å². The van der Waals surface area contributed by atoms with E-state index in [0.29, 0.717) is 0 Å². The van der Waals surface area contributed by atoms with Crippen LogP contribution in [0.3, 0.4) is 0 Å². The highest BCUT2D eigenvalue weighted by atomic mass is 32.2. The van der Waals surface area contributed by atoms with Crippen LogP contribution in [0.1, 0.15) is 6.92 Å². The Labute approximate surface area is 115 Å². The normalized spacial score (nSPS) is 12.8. The third-order valence-corrected chi connectivity index (χ3v) is 4.00. The van der Waals surface area contributed by atoms with E-state index in [2.05, 4.69) is 0 Å². The van der Waals surface area contributed by atoms with Crippen molar-refractivity contribution in [2.24, 2.45) is 0 Å². The molecule has 1 aromatic carbocycles. The molecule has 8 nitrogen and oxygen atoms in total. The van der Waals surface area contributed by atoms with Crippen LogP contribution in [0.5, 0.6) is 0 Å². The van der Waals surface area contributed by atoms with E-state index in [4.69, 9.17) is 5.11 Å². The molecule has 20 heavy (non-hydrogen) atoms. The Morgan fingerprint density at radius 3 is 2.40 bits per heavy atom. The number of sulfone groups is 1. The third-order valence-electron chi connectivity index (χ3n) is 2.89. The maximum Gasteiger partial charge on any atom is 0.326 e. The lowest BCUT2D eigenvalue weighted by Gasteiger charge is -2.23. The van der Waals surface area contributed by atoms with E-state index in [1.165, 1.54) is 31.0 Å². The topological polar surface area (TPSA) is 118 Å². The van der Waals surface area contributed by atoms with E-state index in [1.54, 1.807) is 0 Å². The number of hydrogen-bond acceptors (Lipinski definition) is 6. The highest BCUT2D eigenvalue weighted by Crippen LogP contribution is 2.31. The summed E-state index contributed by atoms with van der Waals surface area (Å²) in [4.78, 5) is 22.2. The van der Waals surface area contributed by atoms with Crippen LogP contribution in [0.15, 0.2) is 23.1 Å². The molecule has 0 saturated carbocycles. The van der Waals surface area contributed by atoms with Gasteiger partial charge in [-0.15, -0.1) is 0 Å². The van der Waals surface area contributed by atoms with Gasteiger partial charge in [0.1, 0.15) is 11.7 Å². The molecule has 9 heteroatoms. The van der Waals surface area contributed by atoms with Gasteiger partial charge in [-0.3, -0.25) is 10.1 Å². The first-order valence-corrected chi connectivity index (χ1v) is 7.39. The van der Waals surface area contributed by atoms with Gasteiger partial charge in [-0.05, 0) is 19.1 Å². The van der Waals surface area contributed by atoms with Crippen LogP contribution in [0, 0.1) is 10.1 Å². The predicted molar refractivity (Wildman–Crippen MR) is 71.7 cm³/mol. The standard InChI is InChI=1S/C11H14N2O6S/c1-7(11(14)15)12(2)9-5-4-8(20(3,18)19)6-10(9)13(16)17/h4-7H,1-3H3,(H,14,15). The predicted octanol–water partition coefficient (Wildman–Crippen LogP) is 0.908. The molecule has 110 valence electrons. The minimum atomic E-state index is -3.58. The number of nitrogens with zero attached hydrogens (tertiary/aromatic N) is 2. The van der Waals surface area contributed by atoms with Crippen LogP contribution >= 0.6 is 0 Å². The molecule has 0 aliphatic rings. The molecule has 1 atom stereocenters. The van der Waals surface area contributed by atoms with Gasteiger partial charge >= 0.3 is 5.97 Å². The first kappa shape index (κ1) is 15.9. The van der Waals surface area contributed by atoms with Gasteiger partial charge in [0.25, 0.3) is 5.69 Å². The van der Waals surface area contributed by atoms with E-state index >= 15 is 0 Å². The summed E-state index contributed by atoms with van der Waals surface area (Å²) in [5.74, 6) is -1.14. The number of aliphatic carboxylic acids is 1. The van der Waals surface area contributed by atoms with E-state index in [1.807, 2.05) is 0 Å². The zero-order valence-electron chi connectivity index (χ0n) is 11.1. The lowest BCUT2D eigenvalue weighted by atomic mass is 10.2. The number of rotatable bonds is 5. The number of nitro benzene ring substituents is 1. The third kappa shape index (κ3) is 3.23. The lowest BCUT2D eigenvalue weighted by molar-refractivity contribution is -0.384.